The maximum Gasteiger partial charge on any atom is 0.220 e. The summed E-state index contributed by atoms with van der Waals surface area (Å²) in [6, 6.07) is 0. The highest BCUT2D eigenvalue weighted by Crippen LogP contribution is 2.32. The zero-order valence-corrected chi connectivity index (χ0v) is 20.7. The molecule has 3 N–H and O–H groups in total. The van der Waals surface area contributed by atoms with E-state index in [1.807, 2.05) is 0 Å². The second-order valence-electron chi connectivity index (χ2n) is 8.99. The molecule has 0 spiro atoms. The summed E-state index contributed by atoms with van der Waals surface area (Å²) in [5, 5.41) is 2.92. The largest absolute Gasteiger partial charge is 0.387 e. The normalized spacial score (nSPS) is 15.2. The number of amides is 1. The first-order valence-electron chi connectivity index (χ1n) is 12.4. The van der Waals surface area contributed by atoms with Crippen molar-refractivity contribution in [3.05, 3.63) is 0 Å². The molecule has 0 saturated heterocycles. The van der Waals surface area contributed by atoms with Gasteiger partial charge in [-0.25, -0.2) is 0 Å². The van der Waals surface area contributed by atoms with E-state index in [1.54, 1.807) is 6.92 Å². The summed E-state index contributed by atoms with van der Waals surface area (Å²) in [5.41, 5.74) is 5.52. The van der Waals surface area contributed by atoms with Crippen molar-refractivity contribution in [1.29, 1.82) is 0 Å². The molecule has 0 aliphatic heterocycles. The van der Waals surface area contributed by atoms with Gasteiger partial charge in [-0.3, -0.25) is 14.6 Å². The minimum Gasteiger partial charge on any atom is -0.387 e. The van der Waals surface area contributed by atoms with Crippen molar-refractivity contribution < 1.29 is 9.59 Å². The van der Waals surface area contributed by atoms with Crippen LogP contribution in [0.5, 0.6) is 0 Å². The first kappa shape index (κ1) is 28.6. The summed E-state index contributed by atoms with van der Waals surface area (Å²) in [4.78, 5) is 27.9. The second kappa shape index (κ2) is 16.3. The standard InChI is InChI=1S/C16H32N2O.C9H17NO/c1-6-9-11-16(14(5)19,12-10-7-2)18-15(17)13(4)8-3;1-2-3-6-10-9(11)7-8-4-5-8/h13H,6-12H2,1-5H3,(H2,17,18);8H,2-7H2,1H3,(H,10,11). The fraction of sp³-hybridized carbons (Fsp3) is 0.880. The smallest absolute Gasteiger partial charge is 0.220 e. The fourth-order valence-electron chi connectivity index (χ4n) is 3.23. The molecule has 1 saturated carbocycles. The van der Waals surface area contributed by atoms with Crippen LogP contribution in [0, 0.1) is 11.8 Å². The minimum atomic E-state index is -0.570. The van der Waals surface area contributed by atoms with E-state index in [0.717, 1.165) is 76.7 Å². The Labute approximate surface area is 186 Å². The van der Waals surface area contributed by atoms with Crippen LogP contribution in [0.4, 0.5) is 0 Å². The number of nitrogens with two attached hydrogens (primary N) is 1. The van der Waals surface area contributed by atoms with E-state index in [2.05, 4.69) is 39.9 Å². The molecule has 0 aromatic carbocycles. The molecule has 5 heteroatoms. The number of nitrogens with zero attached hydrogens (tertiary/aromatic N) is 1. The average Bonchev–Trinajstić information content (AvgIpc) is 3.53. The summed E-state index contributed by atoms with van der Waals surface area (Å²) in [6.07, 6.45) is 12.4. The molecule has 1 fully saturated rings. The van der Waals surface area contributed by atoms with Gasteiger partial charge in [0, 0.05) is 18.9 Å². The number of carbonyl (C=O) groups excluding carboxylic acids is 2. The Morgan fingerprint density at radius 1 is 1.03 bits per heavy atom. The Kier molecular flexibility index (Phi) is 15.6. The van der Waals surface area contributed by atoms with Crippen LogP contribution in [0.25, 0.3) is 0 Å². The molecule has 1 unspecified atom stereocenters. The number of ketones is 1. The van der Waals surface area contributed by atoms with Crippen molar-refractivity contribution in [1.82, 2.24) is 5.32 Å². The van der Waals surface area contributed by atoms with Gasteiger partial charge in [-0.15, -0.1) is 0 Å². The Hall–Kier alpha value is -1.39. The van der Waals surface area contributed by atoms with Crippen molar-refractivity contribution in [2.24, 2.45) is 22.6 Å². The molecule has 1 atom stereocenters. The van der Waals surface area contributed by atoms with Gasteiger partial charge in [-0.05, 0) is 51.4 Å². The highest BCUT2D eigenvalue weighted by Gasteiger charge is 2.34. The van der Waals surface area contributed by atoms with Gasteiger partial charge in [-0.2, -0.15) is 0 Å². The van der Waals surface area contributed by atoms with E-state index in [1.165, 1.54) is 12.8 Å². The van der Waals surface area contributed by atoms with Crippen LogP contribution in [-0.4, -0.2) is 29.6 Å². The molecule has 0 aromatic rings. The van der Waals surface area contributed by atoms with E-state index in [-0.39, 0.29) is 17.6 Å². The molecular formula is C25H49N3O2. The first-order chi connectivity index (χ1) is 14.3. The third-order valence-electron chi connectivity index (χ3n) is 6.03. The predicted molar refractivity (Wildman–Crippen MR) is 129 cm³/mol. The molecule has 176 valence electrons. The van der Waals surface area contributed by atoms with Crippen LogP contribution in [-0.2, 0) is 9.59 Å². The molecule has 0 heterocycles. The van der Waals surface area contributed by atoms with Crippen LogP contribution >= 0.6 is 0 Å². The maximum absolute atomic E-state index is 12.2. The van der Waals surface area contributed by atoms with E-state index in [4.69, 9.17) is 10.7 Å². The van der Waals surface area contributed by atoms with E-state index < -0.39 is 5.54 Å². The topological polar surface area (TPSA) is 84.5 Å². The number of aliphatic imine (C=N–C) groups is 1. The fourth-order valence-corrected chi connectivity index (χ4v) is 3.23. The van der Waals surface area contributed by atoms with Gasteiger partial charge in [0.05, 0.1) is 5.84 Å². The Balaban J connectivity index is 0.000000642. The van der Waals surface area contributed by atoms with Crippen molar-refractivity contribution in [3.8, 4) is 0 Å². The molecule has 1 aliphatic rings. The molecule has 5 nitrogen and oxygen atoms in total. The highest BCUT2D eigenvalue weighted by molar-refractivity contribution is 5.91. The van der Waals surface area contributed by atoms with Gasteiger partial charge in [0.15, 0.2) is 5.78 Å². The molecule has 30 heavy (non-hydrogen) atoms. The van der Waals surface area contributed by atoms with Crippen LogP contribution in [0.3, 0.4) is 0 Å². The molecule has 1 amide bonds. The number of rotatable bonds is 15. The highest BCUT2D eigenvalue weighted by atomic mass is 16.1. The molecule has 0 bridgehead atoms. The average molecular weight is 424 g/mol. The summed E-state index contributed by atoms with van der Waals surface area (Å²) in [7, 11) is 0. The zero-order valence-electron chi connectivity index (χ0n) is 20.7. The SMILES string of the molecule is CCCCC(CCCC)(N=C(N)C(C)CC)C(C)=O.CCCCNC(=O)CC1CC1. The third kappa shape index (κ3) is 12.3. The number of carbonyl (C=O) groups is 2. The summed E-state index contributed by atoms with van der Waals surface area (Å²) in [5.74, 6) is 2.03. The van der Waals surface area contributed by atoms with E-state index in [9.17, 15) is 9.59 Å². The van der Waals surface area contributed by atoms with Crippen molar-refractivity contribution in [3.63, 3.8) is 0 Å². The van der Waals surface area contributed by atoms with Crippen molar-refractivity contribution in [2.45, 2.75) is 124 Å². The lowest BCUT2D eigenvalue weighted by atomic mass is 9.84. The number of Topliss-reactive ketones (excluding diaryl/α,β-unsaturated/α-hetero) is 1. The Morgan fingerprint density at radius 3 is 1.97 bits per heavy atom. The van der Waals surface area contributed by atoms with Gasteiger partial charge >= 0.3 is 0 Å². The van der Waals surface area contributed by atoms with Gasteiger partial charge in [0.2, 0.25) is 5.91 Å². The van der Waals surface area contributed by atoms with E-state index >= 15 is 0 Å². The number of amidine groups is 1. The lowest BCUT2D eigenvalue weighted by molar-refractivity contribution is -0.122. The van der Waals surface area contributed by atoms with Gasteiger partial charge in [-0.1, -0.05) is 66.7 Å². The minimum absolute atomic E-state index is 0.167. The van der Waals surface area contributed by atoms with Crippen LogP contribution in [0.15, 0.2) is 4.99 Å². The first-order valence-corrected chi connectivity index (χ1v) is 12.4. The van der Waals surface area contributed by atoms with Gasteiger partial charge in [0.1, 0.15) is 5.54 Å². The van der Waals surface area contributed by atoms with Crippen LogP contribution < -0.4 is 11.1 Å². The predicted octanol–water partition coefficient (Wildman–Crippen LogP) is 5.80. The second-order valence-corrected chi connectivity index (χ2v) is 8.99. The molecule has 1 rings (SSSR count). The molecular weight excluding hydrogens is 374 g/mol. The van der Waals surface area contributed by atoms with Crippen LogP contribution in [0.2, 0.25) is 0 Å². The third-order valence-corrected chi connectivity index (χ3v) is 6.03. The molecule has 0 radical (unpaired) electrons. The maximum atomic E-state index is 12.2. The van der Waals surface area contributed by atoms with Crippen LogP contribution in [0.1, 0.15) is 119 Å². The number of hydrogen-bond donors (Lipinski definition) is 2. The molecule has 0 aromatic heterocycles. The number of hydrogen-bond acceptors (Lipinski definition) is 3. The summed E-state index contributed by atoms with van der Waals surface area (Å²) in [6.45, 7) is 13.1. The van der Waals surface area contributed by atoms with Crippen molar-refractivity contribution in [2.75, 3.05) is 6.54 Å². The van der Waals surface area contributed by atoms with Crippen molar-refractivity contribution >= 4 is 17.5 Å². The quantitative estimate of drug-likeness (QED) is 0.198. The van der Waals surface area contributed by atoms with E-state index in [0.29, 0.717) is 5.84 Å². The summed E-state index contributed by atoms with van der Waals surface area (Å²) < 4.78 is 0. The van der Waals surface area contributed by atoms with Gasteiger partial charge < -0.3 is 11.1 Å². The number of unbranched alkanes of at least 4 members (excludes halogenated alkanes) is 3. The molecule has 1 aliphatic carbocycles. The summed E-state index contributed by atoms with van der Waals surface area (Å²) >= 11 is 0. The lowest BCUT2D eigenvalue weighted by Crippen LogP contribution is -2.39. The van der Waals surface area contributed by atoms with Gasteiger partial charge in [0.25, 0.3) is 0 Å². The lowest BCUT2D eigenvalue weighted by Gasteiger charge is -2.29. The Bertz CT molecular complexity index is 505. The monoisotopic (exact) mass is 423 g/mol. The Morgan fingerprint density at radius 2 is 1.57 bits per heavy atom. The number of nitrogens with one attached hydrogen (secondary N) is 1. The zero-order chi connectivity index (χ0) is 23.0.